The van der Waals surface area contributed by atoms with E-state index in [1.807, 2.05) is 13.8 Å². The lowest BCUT2D eigenvalue weighted by Crippen LogP contribution is -2.43. The summed E-state index contributed by atoms with van der Waals surface area (Å²) in [6.07, 6.45) is -4.52. The molecule has 10 heteroatoms. The molecule has 3 aromatic rings. The zero-order valence-electron chi connectivity index (χ0n) is 18.3. The number of aromatic nitrogens is 2. The lowest BCUT2D eigenvalue weighted by atomic mass is 9.93. The first kappa shape index (κ1) is 24.6. The van der Waals surface area contributed by atoms with Gasteiger partial charge in [-0.2, -0.15) is 0 Å². The van der Waals surface area contributed by atoms with Crippen molar-refractivity contribution in [2.24, 2.45) is 11.7 Å². The third-order valence-corrected chi connectivity index (χ3v) is 4.79. The highest BCUT2D eigenvalue weighted by molar-refractivity contribution is 5.94. The molecule has 178 valence electrons. The van der Waals surface area contributed by atoms with E-state index in [1.165, 1.54) is 24.5 Å². The van der Waals surface area contributed by atoms with Crippen LogP contribution in [-0.4, -0.2) is 28.5 Å². The molecule has 2 N–H and O–H groups in total. The van der Waals surface area contributed by atoms with Crippen molar-refractivity contribution in [2.75, 3.05) is 6.61 Å². The van der Waals surface area contributed by atoms with Crippen molar-refractivity contribution in [3.8, 4) is 22.8 Å². The Bertz CT molecular complexity index is 1120. The molecule has 0 saturated heterocycles. The highest BCUT2D eigenvalue weighted by Crippen LogP contribution is 2.36. The van der Waals surface area contributed by atoms with Crippen molar-refractivity contribution in [1.29, 1.82) is 0 Å². The number of halogens is 5. The van der Waals surface area contributed by atoms with Crippen LogP contribution < -0.4 is 15.2 Å². The first-order valence-corrected chi connectivity index (χ1v) is 10.2. The quantitative estimate of drug-likeness (QED) is 0.394. The van der Waals surface area contributed by atoms with Crippen LogP contribution in [0.3, 0.4) is 0 Å². The van der Waals surface area contributed by atoms with E-state index >= 15 is 0 Å². The summed E-state index contributed by atoms with van der Waals surface area (Å²) in [5, 5.41) is 0.270. The number of hydrogen-bond donors (Lipinski definition) is 1. The lowest BCUT2D eigenvalue weighted by Gasteiger charge is -2.27. The Morgan fingerprint density at radius 3 is 2.42 bits per heavy atom. The van der Waals surface area contributed by atoms with Crippen molar-refractivity contribution in [3.05, 3.63) is 48.3 Å². The van der Waals surface area contributed by atoms with Gasteiger partial charge in [0.25, 0.3) is 6.43 Å². The highest BCUT2D eigenvalue weighted by atomic mass is 19.4. The number of fused-ring (bicyclic) bond motifs is 1. The van der Waals surface area contributed by atoms with E-state index in [2.05, 4.69) is 14.7 Å². The highest BCUT2D eigenvalue weighted by Gasteiger charge is 2.31. The van der Waals surface area contributed by atoms with Gasteiger partial charge in [-0.25, -0.2) is 8.78 Å². The SMILES string of the molecule is CC(C)C[C@](C)(N)COc1cnc(-c2ccnc3ccc(OC(F)(F)F)cc23)cc1C(F)F. The van der Waals surface area contributed by atoms with Crippen LogP contribution in [0.4, 0.5) is 22.0 Å². The average molecular weight is 469 g/mol. The Balaban J connectivity index is 1.98. The van der Waals surface area contributed by atoms with Crippen LogP contribution >= 0.6 is 0 Å². The lowest BCUT2D eigenvalue weighted by molar-refractivity contribution is -0.274. The molecular formula is C23H24F5N3O2. The summed E-state index contributed by atoms with van der Waals surface area (Å²) in [6.45, 7) is 5.79. The molecule has 2 aromatic heterocycles. The number of ether oxygens (including phenoxy) is 2. The molecule has 0 saturated carbocycles. The number of benzene rings is 1. The largest absolute Gasteiger partial charge is 0.573 e. The summed E-state index contributed by atoms with van der Waals surface area (Å²) in [6, 6.07) is 6.26. The normalized spacial score (nSPS) is 14.0. The second-order valence-corrected chi connectivity index (χ2v) is 8.53. The maximum absolute atomic E-state index is 13.8. The minimum absolute atomic E-state index is 0.0161. The van der Waals surface area contributed by atoms with Gasteiger partial charge in [0, 0.05) is 22.7 Å². The van der Waals surface area contributed by atoms with Crippen LogP contribution in [0.25, 0.3) is 22.2 Å². The van der Waals surface area contributed by atoms with Gasteiger partial charge in [0.1, 0.15) is 18.1 Å². The molecular weight excluding hydrogens is 445 g/mol. The molecule has 0 radical (unpaired) electrons. The second kappa shape index (κ2) is 9.46. The van der Waals surface area contributed by atoms with E-state index < -0.39 is 29.6 Å². The van der Waals surface area contributed by atoms with Gasteiger partial charge in [0.05, 0.1) is 23.0 Å². The van der Waals surface area contributed by atoms with E-state index in [9.17, 15) is 22.0 Å². The Morgan fingerprint density at radius 1 is 1.06 bits per heavy atom. The molecule has 0 spiro atoms. The van der Waals surface area contributed by atoms with Crippen LogP contribution in [0.5, 0.6) is 11.5 Å². The Kier molecular flexibility index (Phi) is 7.06. The van der Waals surface area contributed by atoms with Crippen molar-refractivity contribution in [1.82, 2.24) is 9.97 Å². The molecule has 1 atom stereocenters. The smallest absolute Gasteiger partial charge is 0.490 e. The number of nitrogens with zero attached hydrogens (tertiary/aromatic N) is 2. The molecule has 3 rings (SSSR count). The van der Waals surface area contributed by atoms with Crippen LogP contribution in [0, 0.1) is 5.92 Å². The van der Waals surface area contributed by atoms with E-state index in [0.29, 0.717) is 23.4 Å². The van der Waals surface area contributed by atoms with Crippen LogP contribution in [0.2, 0.25) is 0 Å². The van der Waals surface area contributed by atoms with Crippen molar-refractivity contribution in [2.45, 2.75) is 45.5 Å². The van der Waals surface area contributed by atoms with E-state index in [4.69, 9.17) is 10.5 Å². The maximum Gasteiger partial charge on any atom is 0.573 e. The van der Waals surface area contributed by atoms with E-state index in [-0.39, 0.29) is 23.4 Å². The summed E-state index contributed by atoms with van der Waals surface area (Å²) in [5.74, 6) is -0.260. The van der Waals surface area contributed by atoms with Gasteiger partial charge < -0.3 is 15.2 Å². The Morgan fingerprint density at radius 2 is 1.79 bits per heavy atom. The number of nitrogens with two attached hydrogens (primary N) is 1. The predicted octanol–water partition coefficient (Wildman–Crippen LogP) is 6.28. The zero-order valence-corrected chi connectivity index (χ0v) is 18.3. The molecule has 33 heavy (non-hydrogen) atoms. The molecule has 0 unspecified atom stereocenters. The Hall–Kier alpha value is -3.01. The topological polar surface area (TPSA) is 70.3 Å². The predicted molar refractivity (Wildman–Crippen MR) is 114 cm³/mol. The number of hydrogen-bond acceptors (Lipinski definition) is 5. The molecule has 2 heterocycles. The van der Waals surface area contributed by atoms with Gasteiger partial charge in [0.2, 0.25) is 0 Å². The minimum Gasteiger partial charge on any atom is -0.490 e. The minimum atomic E-state index is -4.87. The van der Waals surface area contributed by atoms with E-state index in [0.717, 1.165) is 18.2 Å². The fourth-order valence-corrected chi connectivity index (χ4v) is 3.68. The molecule has 0 amide bonds. The van der Waals surface area contributed by atoms with Crippen LogP contribution in [0.1, 0.15) is 39.2 Å². The zero-order chi connectivity index (χ0) is 24.4. The summed E-state index contributed by atoms with van der Waals surface area (Å²) in [7, 11) is 0. The summed E-state index contributed by atoms with van der Waals surface area (Å²) >= 11 is 0. The van der Waals surface area contributed by atoms with Crippen molar-refractivity contribution >= 4 is 10.9 Å². The van der Waals surface area contributed by atoms with Gasteiger partial charge in [0.15, 0.2) is 0 Å². The number of rotatable bonds is 8. The van der Waals surface area contributed by atoms with Crippen molar-refractivity contribution in [3.63, 3.8) is 0 Å². The summed E-state index contributed by atoms with van der Waals surface area (Å²) in [5.41, 5.74) is 5.90. The number of alkyl halides is 5. The molecule has 0 aliphatic rings. The average Bonchev–Trinajstić information content (AvgIpc) is 2.69. The first-order valence-electron chi connectivity index (χ1n) is 10.2. The molecule has 0 bridgehead atoms. The molecule has 5 nitrogen and oxygen atoms in total. The monoisotopic (exact) mass is 469 g/mol. The van der Waals surface area contributed by atoms with Gasteiger partial charge in [-0.05, 0) is 49.6 Å². The molecule has 0 aliphatic carbocycles. The third-order valence-electron chi connectivity index (χ3n) is 4.79. The third kappa shape index (κ3) is 6.50. The standard InChI is InChI=1S/C23H24F5N3O2/c1-13(2)10-22(3,29)12-32-20-11-31-19(9-17(20)21(24)25)15-6-7-30-18-5-4-14(8-16(15)18)33-23(26,27)28/h4-9,11,13,21H,10,12,29H2,1-3H3/t22-/m0/s1. The molecule has 0 fully saturated rings. The van der Waals surface area contributed by atoms with Gasteiger partial charge in [-0.1, -0.05) is 13.8 Å². The molecule has 0 aliphatic heterocycles. The van der Waals surface area contributed by atoms with Gasteiger partial charge in [-0.15, -0.1) is 13.2 Å². The number of pyridine rings is 2. The second-order valence-electron chi connectivity index (χ2n) is 8.53. The van der Waals surface area contributed by atoms with E-state index in [1.54, 1.807) is 6.92 Å². The van der Waals surface area contributed by atoms with Gasteiger partial charge >= 0.3 is 6.36 Å². The fraction of sp³-hybridized carbons (Fsp3) is 0.391. The van der Waals surface area contributed by atoms with Crippen LogP contribution in [0.15, 0.2) is 42.7 Å². The molecule has 1 aromatic carbocycles. The van der Waals surface area contributed by atoms with Crippen LogP contribution in [-0.2, 0) is 0 Å². The van der Waals surface area contributed by atoms with Crippen molar-refractivity contribution < 1.29 is 31.4 Å². The van der Waals surface area contributed by atoms with Gasteiger partial charge in [-0.3, -0.25) is 9.97 Å². The Labute approximate surface area is 187 Å². The summed E-state index contributed by atoms with van der Waals surface area (Å²) in [4.78, 5) is 8.33. The summed E-state index contributed by atoms with van der Waals surface area (Å²) < 4.78 is 75.1. The fourth-order valence-electron chi connectivity index (χ4n) is 3.68. The maximum atomic E-state index is 13.8. The first-order chi connectivity index (χ1) is 15.3.